The molecular weight excluding hydrogens is 426 g/mol. The zero-order valence-corrected chi connectivity index (χ0v) is 18.0. The number of anilines is 1. The predicted molar refractivity (Wildman–Crippen MR) is 121 cm³/mol. The molecule has 162 valence electrons. The number of hydrogen-bond donors (Lipinski definition) is 1. The molecule has 5 aromatic rings. The Labute approximate surface area is 187 Å². The number of piperazine rings is 1. The van der Waals surface area contributed by atoms with Gasteiger partial charge in [0.2, 0.25) is 16.7 Å². The highest BCUT2D eigenvalue weighted by molar-refractivity contribution is 7.17. The van der Waals surface area contributed by atoms with Crippen molar-refractivity contribution in [1.82, 2.24) is 19.5 Å². The molecule has 1 N–H and O–H groups in total. The van der Waals surface area contributed by atoms with Crippen molar-refractivity contribution in [3.05, 3.63) is 77.8 Å². The van der Waals surface area contributed by atoms with Crippen LogP contribution in [0.3, 0.4) is 0 Å². The Kier molecular flexibility index (Phi) is 4.70. The third kappa shape index (κ3) is 3.26. The fourth-order valence-electron chi connectivity index (χ4n) is 4.24. The molecule has 0 aliphatic carbocycles. The summed E-state index contributed by atoms with van der Waals surface area (Å²) in [7, 11) is 0. The number of para-hydroxylation sites is 1. The lowest BCUT2D eigenvalue weighted by Gasteiger charge is -2.39. The Hall–Kier alpha value is -3.56. The fourth-order valence-corrected chi connectivity index (χ4v) is 5.33. The summed E-state index contributed by atoms with van der Waals surface area (Å²) in [6.45, 7) is 3.47. The average molecular weight is 448 g/mol. The first-order valence-electron chi connectivity index (χ1n) is 10.5. The van der Waals surface area contributed by atoms with E-state index in [2.05, 4.69) is 44.1 Å². The van der Waals surface area contributed by atoms with E-state index in [9.17, 15) is 5.11 Å². The smallest absolute Gasteiger partial charge is 0.230 e. The van der Waals surface area contributed by atoms with E-state index in [0.717, 1.165) is 36.8 Å². The lowest BCUT2D eigenvalue weighted by Crippen LogP contribution is -2.47. The summed E-state index contributed by atoms with van der Waals surface area (Å²) in [5.41, 5.74) is 1.23. The fraction of sp³-hybridized carbons (Fsp3) is 0.217. The van der Waals surface area contributed by atoms with Crippen LogP contribution in [-0.4, -0.2) is 50.8 Å². The molecule has 1 aromatic carbocycles. The number of aromatic hydroxyl groups is 1. The zero-order chi connectivity index (χ0) is 21.5. The molecule has 8 nitrogen and oxygen atoms in total. The lowest BCUT2D eigenvalue weighted by atomic mass is 10.1. The normalized spacial score (nSPS) is 16.1. The molecule has 32 heavy (non-hydrogen) atoms. The van der Waals surface area contributed by atoms with E-state index in [4.69, 9.17) is 8.83 Å². The first-order chi connectivity index (χ1) is 15.8. The molecule has 1 fully saturated rings. The largest absolute Gasteiger partial charge is 0.492 e. The van der Waals surface area contributed by atoms with Crippen molar-refractivity contribution < 1.29 is 13.9 Å². The first-order valence-corrected chi connectivity index (χ1v) is 11.3. The van der Waals surface area contributed by atoms with Gasteiger partial charge in [-0.05, 0) is 36.4 Å². The summed E-state index contributed by atoms with van der Waals surface area (Å²) in [6, 6.07) is 17.7. The van der Waals surface area contributed by atoms with E-state index in [-0.39, 0.29) is 11.9 Å². The summed E-state index contributed by atoms with van der Waals surface area (Å²) >= 11 is 1.42. The van der Waals surface area contributed by atoms with Gasteiger partial charge in [-0.2, -0.15) is 9.50 Å². The van der Waals surface area contributed by atoms with Crippen LogP contribution in [0, 0.1) is 0 Å². The maximum absolute atomic E-state index is 11.1. The Morgan fingerprint density at radius 3 is 2.38 bits per heavy atom. The summed E-state index contributed by atoms with van der Waals surface area (Å²) in [5, 5.41) is 15.5. The minimum absolute atomic E-state index is 0.0854. The third-order valence-electron chi connectivity index (χ3n) is 5.80. The van der Waals surface area contributed by atoms with Crippen LogP contribution in [0.2, 0.25) is 0 Å². The van der Waals surface area contributed by atoms with Gasteiger partial charge in [-0.25, -0.2) is 0 Å². The number of furan rings is 2. The summed E-state index contributed by atoms with van der Waals surface area (Å²) in [5.74, 6) is 1.90. The summed E-state index contributed by atoms with van der Waals surface area (Å²) < 4.78 is 12.7. The first kappa shape index (κ1) is 19.1. The Morgan fingerprint density at radius 1 is 0.906 bits per heavy atom. The molecule has 1 aliphatic rings. The highest BCUT2D eigenvalue weighted by Crippen LogP contribution is 2.41. The van der Waals surface area contributed by atoms with E-state index >= 15 is 0 Å². The van der Waals surface area contributed by atoms with Crippen LogP contribution in [0.5, 0.6) is 5.88 Å². The zero-order valence-electron chi connectivity index (χ0n) is 17.2. The number of thiazole rings is 1. The molecular formula is C23H21N5O3S. The van der Waals surface area contributed by atoms with E-state index in [1.165, 1.54) is 21.5 Å². The van der Waals surface area contributed by atoms with E-state index < -0.39 is 0 Å². The van der Waals surface area contributed by atoms with Crippen LogP contribution in [0.15, 0.2) is 76.0 Å². The van der Waals surface area contributed by atoms with E-state index in [0.29, 0.717) is 16.5 Å². The lowest BCUT2D eigenvalue weighted by molar-refractivity contribution is 0.191. The Balaban J connectivity index is 1.32. The molecule has 1 aliphatic heterocycles. The number of hydrogen-bond acceptors (Lipinski definition) is 8. The van der Waals surface area contributed by atoms with Crippen molar-refractivity contribution in [2.75, 3.05) is 31.1 Å². The maximum Gasteiger partial charge on any atom is 0.230 e. The molecule has 0 unspecified atom stereocenters. The van der Waals surface area contributed by atoms with Crippen molar-refractivity contribution in [1.29, 1.82) is 0 Å². The second kappa shape index (κ2) is 7.85. The van der Waals surface area contributed by atoms with Gasteiger partial charge in [0.1, 0.15) is 11.8 Å². The molecule has 0 saturated carbocycles. The van der Waals surface area contributed by atoms with Gasteiger partial charge < -0.3 is 18.8 Å². The highest BCUT2D eigenvalue weighted by Gasteiger charge is 2.33. The molecule has 1 saturated heterocycles. The minimum atomic E-state index is -0.205. The molecule has 0 radical (unpaired) electrons. The molecule has 6 rings (SSSR count). The number of nitrogens with zero attached hydrogens (tertiary/aromatic N) is 5. The molecule has 1 atom stereocenters. The molecule has 0 spiro atoms. The van der Waals surface area contributed by atoms with Crippen LogP contribution in [0.25, 0.3) is 16.5 Å². The van der Waals surface area contributed by atoms with Gasteiger partial charge in [0, 0.05) is 31.9 Å². The van der Waals surface area contributed by atoms with Gasteiger partial charge in [-0.1, -0.05) is 29.5 Å². The SMILES string of the molecule is Oc1c([C@@H](c2ccco2)N2CCN(c3ccccc3)CC2)sc2nc(-c3ccco3)nn12. The van der Waals surface area contributed by atoms with Gasteiger partial charge in [0.05, 0.1) is 17.4 Å². The van der Waals surface area contributed by atoms with Gasteiger partial charge in [-0.15, -0.1) is 5.10 Å². The van der Waals surface area contributed by atoms with Gasteiger partial charge in [0.15, 0.2) is 5.76 Å². The van der Waals surface area contributed by atoms with Crippen molar-refractivity contribution >= 4 is 22.0 Å². The number of aromatic nitrogens is 3. The quantitative estimate of drug-likeness (QED) is 0.431. The van der Waals surface area contributed by atoms with E-state index in [1.807, 2.05) is 18.2 Å². The van der Waals surface area contributed by atoms with Crippen LogP contribution >= 0.6 is 11.3 Å². The highest BCUT2D eigenvalue weighted by atomic mass is 32.1. The molecule has 0 bridgehead atoms. The van der Waals surface area contributed by atoms with Gasteiger partial charge >= 0.3 is 0 Å². The third-order valence-corrected chi connectivity index (χ3v) is 6.88. The summed E-state index contributed by atoms with van der Waals surface area (Å²) in [4.78, 5) is 10.7. The summed E-state index contributed by atoms with van der Waals surface area (Å²) in [6.07, 6.45) is 3.25. The topological polar surface area (TPSA) is 83.2 Å². The van der Waals surface area contributed by atoms with Crippen LogP contribution < -0.4 is 4.90 Å². The van der Waals surface area contributed by atoms with Crippen LogP contribution in [0.4, 0.5) is 5.69 Å². The molecule has 0 amide bonds. The monoisotopic (exact) mass is 447 g/mol. The van der Waals surface area contributed by atoms with Crippen LogP contribution in [-0.2, 0) is 0 Å². The van der Waals surface area contributed by atoms with Gasteiger partial charge in [0.25, 0.3) is 0 Å². The second-order valence-electron chi connectivity index (χ2n) is 7.67. The molecule has 9 heteroatoms. The van der Waals surface area contributed by atoms with E-state index in [1.54, 1.807) is 24.7 Å². The number of benzene rings is 1. The van der Waals surface area contributed by atoms with Crippen LogP contribution in [0.1, 0.15) is 16.7 Å². The average Bonchev–Trinajstić information content (AvgIpc) is 3.63. The van der Waals surface area contributed by atoms with Gasteiger partial charge in [-0.3, -0.25) is 4.90 Å². The number of rotatable bonds is 5. The predicted octanol–water partition coefficient (Wildman–Crippen LogP) is 4.26. The minimum Gasteiger partial charge on any atom is -0.492 e. The molecule has 5 heterocycles. The maximum atomic E-state index is 11.1. The van der Waals surface area contributed by atoms with Crippen molar-refractivity contribution in [2.45, 2.75) is 6.04 Å². The van der Waals surface area contributed by atoms with Crippen molar-refractivity contribution in [3.8, 4) is 17.5 Å². The Bertz CT molecular complexity index is 1300. The molecule has 4 aromatic heterocycles. The second-order valence-corrected chi connectivity index (χ2v) is 8.68. The standard InChI is InChI=1S/C23H21N5O3S/c29-22-20(32-23-24-21(25-28(22)23)18-9-5-15-31-18)19(17-8-4-14-30-17)27-12-10-26(11-13-27)16-6-2-1-3-7-16/h1-9,14-15,19,29H,10-13H2/t19-/m1/s1. The number of fused-ring (bicyclic) bond motifs is 1. The Morgan fingerprint density at radius 2 is 1.69 bits per heavy atom. The van der Waals surface area contributed by atoms with Crippen molar-refractivity contribution in [3.63, 3.8) is 0 Å². The van der Waals surface area contributed by atoms with Crippen molar-refractivity contribution in [2.24, 2.45) is 0 Å².